The van der Waals surface area contributed by atoms with Gasteiger partial charge in [-0.25, -0.2) is 0 Å². The molecule has 17 heavy (non-hydrogen) atoms. The summed E-state index contributed by atoms with van der Waals surface area (Å²) in [6.07, 6.45) is 6.38. The fourth-order valence-electron chi connectivity index (χ4n) is 2.54. The number of ether oxygens (including phenoxy) is 1. The number of nitrogens with one attached hydrogen (secondary N) is 1. The lowest BCUT2D eigenvalue weighted by atomic mass is 9.90. The Morgan fingerprint density at radius 1 is 1.71 bits per heavy atom. The zero-order valence-electron chi connectivity index (χ0n) is 10.6. The molecule has 1 aliphatic heterocycles. The molecule has 2 rings (SSSR count). The van der Waals surface area contributed by atoms with Crippen LogP contribution in [-0.4, -0.2) is 22.5 Å². The Balaban J connectivity index is 2.10. The molecule has 1 saturated heterocycles. The summed E-state index contributed by atoms with van der Waals surface area (Å²) in [6.45, 7) is 6.03. The predicted molar refractivity (Wildman–Crippen MR) is 66.1 cm³/mol. The highest BCUT2D eigenvalue weighted by Crippen LogP contribution is 2.32. The van der Waals surface area contributed by atoms with Gasteiger partial charge >= 0.3 is 0 Å². The van der Waals surface area contributed by atoms with Crippen LogP contribution < -0.4 is 11.3 Å². The average molecular weight is 238 g/mol. The van der Waals surface area contributed by atoms with Crippen LogP contribution in [0.3, 0.4) is 0 Å². The Morgan fingerprint density at radius 3 is 3.12 bits per heavy atom. The van der Waals surface area contributed by atoms with E-state index in [1.165, 1.54) is 0 Å². The van der Waals surface area contributed by atoms with Crippen LogP contribution in [0.5, 0.6) is 0 Å². The lowest BCUT2D eigenvalue weighted by Gasteiger charge is -2.23. The highest BCUT2D eigenvalue weighted by atomic mass is 16.5. The molecule has 1 aromatic heterocycles. The van der Waals surface area contributed by atoms with Gasteiger partial charge in [0.25, 0.3) is 0 Å². The molecule has 0 radical (unpaired) electrons. The quantitative estimate of drug-likeness (QED) is 0.598. The predicted octanol–water partition coefficient (Wildman–Crippen LogP) is 1.22. The van der Waals surface area contributed by atoms with E-state index < -0.39 is 0 Å². The van der Waals surface area contributed by atoms with E-state index in [1.807, 2.05) is 10.9 Å². The maximum absolute atomic E-state index is 5.69. The van der Waals surface area contributed by atoms with Crippen molar-refractivity contribution < 1.29 is 4.74 Å². The van der Waals surface area contributed by atoms with Crippen LogP contribution in [0.2, 0.25) is 0 Å². The molecule has 1 aliphatic rings. The molecule has 96 valence electrons. The first-order chi connectivity index (χ1) is 8.26. The summed E-state index contributed by atoms with van der Waals surface area (Å²) in [4.78, 5) is 0. The maximum atomic E-state index is 5.69. The van der Waals surface area contributed by atoms with E-state index in [-0.39, 0.29) is 12.1 Å². The monoisotopic (exact) mass is 238 g/mol. The lowest BCUT2D eigenvalue weighted by Crippen LogP contribution is -2.36. The van der Waals surface area contributed by atoms with Crippen molar-refractivity contribution in [2.75, 3.05) is 6.61 Å². The molecular weight excluding hydrogens is 216 g/mol. The summed E-state index contributed by atoms with van der Waals surface area (Å²) < 4.78 is 7.57. The highest BCUT2D eigenvalue weighted by molar-refractivity contribution is 5.12. The van der Waals surface area contributed by atoms with Crippen LogP contribution in [0.25, 0.3) is 0 Å². The normalized spacial score (nSPS) is 26.3. The molecule has 0 aliphatic carbocycles. The van der Waals surface area contributed by atoms with Crippen LogP contribution in [0.1, 0.15) is 38.3 Å². The third kappa shape index (κ3) is 2.68. The van der Waals surface area contributed by atoms with Crippen LogP contribution >= 0.6 is 0 Å². The Bertz CT molecular complexity index is 352. The molecule has 0 saturated carbocycles. The van der Waals surface area contributed by atoms with Crippen molar-refractivity contribution in [1.82, 2.24) is 15.2 Å². The third-order valence-corrected chi connectivity index (χ3v) is 3.51. The summed E-state index contributed by atoms with van der Waals surface area (Å²) >= 11 is 0. The second kappa shape index (κ2) is 5.62. The number of aryl methyl sites for hydroxylation is 1. The molecule has 0 spiro atoms. The van der Waals surface area contributed by atoms with Gasteiger partial charge in [-0.3, -0.25) is 16.0 Å². The fourth-order valence-corrected chi connectivity index (χ4v) is 2.54. The van der Waals surface area contributed by atoms with E-state index in [4.69, 9.17) is 10.6 Å². The van der Waals surface area contributed by atoms with Gasteiger partial charge in [-0.15, -0.1) is 0 Å². The van der Waals surface area contributed by atoms with Gasteiger partial charge < -0.3 is 4.74 Å². The first-order valence-corrected chi connectivity index (χ1v) is 6.36. The molecule has 2 heterocycles. The molecule has 5 heteroatoms. The Hall–Kier alpha value is -0.910. The standard InChI is InChI=1S/C12H22N4O/c1-3-5-16-8-10(7-14-16)12(15-13)11-4-6-17-9(11)2/h7-9,11-12,15H,3-6,13H2,1-2H3. The van der Waals surface area contributed by atoms with E-state index in [0.717, 1.165) is 31.6 Å². The van der Waals surface area contributed by atoms with Crippen molar-refractivity contribution in [3.63, 3.8) is 0 Å². The summed E-state index contributed by atoms with van der Waals surface area (Å²) in [5.41, 5.74) is 4.07. The van der Waals surface area contributed by atoms with Crippen molar-refractivity contribution >= 4 is 0 Å². The molecule has 3 unspecified atom stereocenters. The van der Waals surface area contributed by atoms with Gasteiger partial charge in [0.2, 0.25) is 0 Å². The van der Waals surface area contributed by atoms with Gasteiger partial charge in [-0.2, -0.15) is 5.10 Å². The topological polar surface area (TPSA) is 65.1 Å². The average Bonchev–Trinajstić information content (AvgIpc) is 2.92. The molecule has 3 N–H and O–H groups in total. The SMILES string of the molecule is CCCn1cc(C(NN)C2CCOC2C)cn1. The minimum Gasteiger partial charge on any atom is -0.378 e. The highest BCUT2D eigenvalue weighted by Gasteiger charge is 2.32. The van der Waals surface area contributed by atoms with Gasteiger partial charge in [0.1, 0.15) is 0 Å². The van der Waals surface area contributed by atoms with Gasteiger partial charge in [0.15, 0.2) is 0 Å². The van der Waals surface area contributed by atoms with Gasteiger partial charge in [-0.1, -0.05) is 6.92 Å². The first kappa shape index (κ1) is 12.5. The van der Waals surface area contributed by atoms with Crippen LogP contribution in [-0.2, 0) is 11.3 Å². The Kier molecular flexibility index (Phi) is 4.15. The molecule has 0 aromatic carbocycles. The first-order valence-electron chi connectivity index (χ1n) is 6.36. The van der Waals surface area contributed by atoms with E-state index in [9.17, 15) is 0 Å². The Labute approximate surface area is 102 Å². The van der Waals surface area contributed by atoms with Gasteiger partial charge in [-0.05, 0) is 19.8 Å². The second-order valence-corrected chi connectivity index (χ2v) is 4.71. The second-order valence-electron chi connectivity index (χ2n) is 4.71. The van der Waals surface area contributed by atoms with Crippen LogP contribution in [0, 0.1) is 5.92 Å². The molecular formula is C12H22N4O. The van der Waals surface area contributed by atoms with Crippen molar-refractivity contribution in [3.8, 4) is 0 Å². The minimum atomic E-state index is 0.137. The van der Waals surface area contributed by atoms with Crippen molar-refractivity contribution in [3.05, 3.63) is 18.0 Å². The molecule has 3 atom stereocenters. The third-order valence-electron chi connectivity index (χ3n) is 3.51. The summed E-state index contributed by atoms with van der Waals surface area (Å²) in [6, 6.07) is 0.137. The zero-order chi connectivity index (χ0) is 12.3. The van der Waals surface area contributed by atoms with Crippen LogP contribution in [0.4, 0.5) is 0 Å². The number of nitrogens with two attached hydrogens (primary N) is 1. The largest absolute Gasteiger partial charge is 0.378 e. The minimum absolute atomic E-state index is 0.137. The molecule has 0 amide bonds. The number of rotatable bonds is 5. The number of aromatic nitrogens is 2. The van der Waals surface area contributed by atoms with Crippen molar-refractivity contribution in [2.45, 2.75) is 45.4 Å². The van der Waals surface area contributed by atoms with Gasteiger partial charge in [0.05, 0.1) is 18.3 Å². The van der Waals surface area contributed by atoms with E-state index >= 15 is 0 Å². The molecule has 5 nitrogen and oxygen atoms in total. The molecule has 0 bridgehead atoms. The fraction of sp³-hybridized carbons (Fsp3) is 0.750. The van der Waals surface area contributed by atoms with Crippen LogP contribution in [0.15, 0.2) is 12.4 Å². The maximum Gasteiger partial charge on any atom is 0.0594 e. The number of hydrazine groups is 1. The molecule has 1 fully saturated rings. The smallest absolute Gasteiger partial charge is 0.0594 e. The summed E-state index contributed by atoms with van der Waals surface area (Å²) in [5.74, 6) is 6.12. The van der Waals surface area contributed by atoms with Crippen molar-refractivity contribution in [2.24, 2.45) is 11.8 Å². The lowest BCUT2D eigenvalue weighted by molar-refractivity contribution is 0.0954. The number of hydrogen-bond donors (Lipinski definition) is 2. The Morgan fingerprint density at radius 2 is 2.53 bits per heavy atom. The molecule has 1 aromatic rings. The summed E-state index contributed by atoms with van der Waals surface area (Å²) in [5, 5.41) is 4.35. The summed E-state index contributed by atoms with van der Waals surface area (Å²) in [7, 11) is 0. The number of nitrogens with zero attached hydrogens (tertiary/aromatic N) is 2. The van der Waals surface area contributed by atoms with E-state index in [2.05, 4.69) is 30.6 Å². The van der Waals surface area contributed by atoms with Crippen molar-refractivity contribution in [1.29, 1.82) is 0 Å². The van der Waals surface area contributed by atoms with E-state index in [1.54, 1.807) is 0 Å². The van der Waals surface area contributed by atoms with E-state index in [0.29, 0.717) is 5.92 Å². The van der Waals surface area contributed by atoms with Gasteiger partial charge in [0, 0.05) is 30.8 Å². The zero-order valence-corrected chi connectivity index (χ0v) is 10.6. The number of hydrogen-bond acceptors (Lipinski definition) is 4.